The molecule has 0 saturated carbocycles. The molecule has 0 saturated heterocycles. The van der Waals surface area contributed by atoms with Gasteiger partial charge in [-0.3, -0.25) is 4.99 Å². The Hall–Kier alpha value is -3.14. The van der Waals surface area contributed by atoms with Crippen LogP contribution in [-0.2, 0) is 0 Å². The van der Waals surface area contributed by atoms with Crippen molar-refractivity contribution >= 4 is 23.0 Å². The Morgan fingerprint density at radius 1 is 1.00 bits per heavy atom. The van der Waals surface area contributed by atoms with Crippen LogP contribution in [0, 0.1) is 0 Å². The number of hydrogen-bond acceptors (Lipinski definition) is 4. The minimum Gasteiger partial charge on any atom is -0.479 e. The zero-order valence-corrected chi connectivity index (χ0v) is 12.5. The average molecular weight is 302 g/mol. The fraction of sp³-hybridized carbons (Fsp3) is 0.0526. The fourth-order valence-corrected chi connectivity index (χ4v) is 2.68. The van der Waals surface area contributed by atoms with Gasteiger partial charge in [0, 0.05) is 22.4 Å². The van der Waals surface area contributed by atoms with Gasteiger partial charge in [-0.05, 0) is 31.2 Å². The summed E-state index contributed by atoms with van der Waals surface area (Å²) >= 11 is 0. The lowest BCUT2D eigenvalue weighted by Gasteiger charge is -1.99. The van der Waals surface area contributed by atoms with Crippen molar-refractivity contribution in [3.05, 3.63) is 65.9 Å². The molecular formula is C19H14N2O2. The predicted molar refractivity (Wildman–Crippen MR) is 90.7 cm³/mol. The molecule has 1 aromatic heterocycles. The zero-order valence-electron chi connectivity index (χ0n) is 12.5. The Morgan fingerprint density at radius 3 is 2.57 bits per heavy atom. The quantitative estimate of drug-likeness (QED) is 0.746. The molecule has 1 aliphatic heterocycles. The number of aromatic nitrogens is 1. The first-order valence-electron chi connectivity index (χ1n) is 7.34. The number of fused-ring (bicyclic) bond motifs is 1. The lowest BCUT2D eigenvalue weighted by atomic mass is 10.0. The molecule has 0 radical (unpaired) electrons. The van der Waals surface area contributed by atoms with Crippen molar-refractivity contribution < 1.29 is 9.52 Å². The van der Waals surface area contributed by atoms with E-state index in [2.05, 4.69) is 9.98 Å². The van der Waals surface area contributed by atoms with Crippen molar-refractivity contribution in [2.24, 2.45) is 4.99 Å². The highest BCUT2D eigenvalue weighted by molar-refractivity contribution is 6.31. The van der Waals surface area contributed by atoms with E-state index in [1.807, 2.05) is 67.6 Å². The Morgan fingerprint density at radius 2 is 1.74 bits per heavy atom. The molecular weight excluding hydrogens is 288 g/mol. The lowest BCUT2D eigenvalue weighted by Crippen LogP contribution is -1.90. The zero-order chi connectivity index (χ0) is 15.8. The van der Waals surface area contributed by atoms with Crippen LogP contribution in [0.2, 0.25) is 0 Å². The summed E-state index contributed by atoms with van der Waals surface area (Å²) in [4.78, 5) is 8.94. The minimum absolute atomic E-state index is 0.187. The molecule has 23 heavy (non-hydrogen) atoms. The van der Waals surface area contributed by atoms with E-state index in [0.717, 1.165) is 28.1 Å². The van der Waals surface area contributed by atoms with Crippen molar-refractivity contribution in [1.82, 2.24) is 4.98 Å². The van der Waals surface area contributed by atoms with Crippen molar-refractivity contribution in [2.45, 2.75) is 6.92 Å². The van der Waals surface area contributed by atoms with Gasteiger partial charge in [0.15, 0.2) is 0 Å². The summed E-state index contributed by atoms with van der Waals surface area (Å²) in [6.45, 7) is 1.95. The van der Waals surface area contributed by atoms with Gasteiger partial charge in [-0.1, -0.05) is 36.4 Å². The van der Waals surface area contributed by atoms with Gasteiger partial charge in [0.1, 0.15) is 5.69 Å². The second-order valence-corrected chi connectivity index (χ2v) is 5.35. The molecule has 0 amide bonds. The van der Waals surface area contributed by atoms with Gasteiger partial charge in [0.05, 0.1) is 5.69 Å². The van der Waals surface area contributed by atoms with E-state index in [-0.39, 0.29) is 5.95 Å². The number of hydrogen-bond donors (Lipinski definition) is 1. The second kappa shape index (κ2) is 5.25. The maximum absolute atomic E-state index is 10.1. The van der Waals surface area contributed by atoms with Crippen LogP contribution < -0.4 is 0 Å². The first-order valence-corrected chi connectivity index (χ1v) is 7.34. The van der Waals surface area contributed by atoms with Crippen LogP contribution in [0.15, 0.2) is 64.0 Å². The summed E-state index contributed by atoms with van der Waals surface area (Å²) in [6.07, 6.45) is 1.82. The molecule has 0 unspecified atom stereocenters. The number of allylic oxidation sites excluding steroid dienone is 1. The summed E-state index contributed by atoms with van der Waals surface area (Å²) < 4.78 is 5.39. The molecule has 4 nitrogen and oxygen atoms in total. The second-order valence-electron chi connectivity index (χ2n) is 5.35. The molecule has 4 rings (SSSR count). The molecule has 0 bridgehead atoms. The largest absolute Gasteiger partial charge is 0.479 e. The molecule has 1 N–H and O–H groups in total. The van der Waals surface area contributed by atoms with Gasteiger partial charge in [-0.25, -0.2) is 4.98 Å². The van der Waals surface area contributed by atoms with Crippen LogP contribution in [0.3, 0.4) is 0 Å². The third-order valence-corrected chi connectivity index (χ3v) is 3.81. The van der Waals surface area contributed by atoms with Crippen LogP contribution >= 0.6 is 0 Å². The van der Waals surface area contributed by atoms with E-state index < -0.39 is 0 Å². The Labute approximate surface area is 133 Å². The maximum Gasteiger partial charge on any atom is 0.310 e. The van der Waals surface area contributed by atoms with E-state index >= 15 is 0 Å². The number of aliphatic imine (C=N–C) groups is 1. The van der Waals surface area contributed by atoms with Gasteiger partial charge in [-0.15, -0.1) is 0 Å². The number of oxazole rings is 1. The topological polar surface area (TPSA) is 58.6 Å². The van der Waals surface area contributed by atoms with Crippen LogP contribution in [0.4, 0.5) is 5.69 Å². The SMILES string of the molecule is CC1=Nc2ccccc2/C1=C/c1nc(-c2ccccc2)oc1O. The minimum atomic E-state index is -0.187. The molecule has 0 atom stereocenters. The summed E-state index contributed by atoms with van der Waals surface area (Å²) in [5.74, 6) is 0.212. The Kier molecular flexibility index (Phi) is 3.08. The molecule has 0 spiro atoms. The Balaban J connectivity index is 1.78. The number of para-hydroxylation sites is 1. The van der Waals surface area contributed by atoms with Crippen LogP contribution in [0.25, 0.3) is 23.1 Å². The summed E-state index contributed by atoms with van der Waals surface area (Å²) in [7, 11) is 0. The standard InChI is InChI=1S/C19H14N2O2/c1-12-15(14-9-5-6-10-16(14)20-12)11-17-19(22)23-18(21-17)13-7-3-2-4-8-13/h2-11,22H,1H3/b15-11+. The molecule has 3 aromatic rings. The van der Waals surface area contributed by atoms with Crippen molar-refractivity contribution in [3.8, 4) is 17.4 Å². The van der Waals surface area contributed by atoms with E-state index in [1.54, 1.807) is 0 Å². The summed E-state index contributed by atoms with van der Waals surface area (Å²) in [5, 5.41) is 10.1. The van der Waals surface area contributed by atoms with Crippen LogP contribution in [-0.4, -0.2) is 15.8 Å². The highest BCUT2D eigenvalue weighted by Gasteiger charge is 2.19. The van der Waals surface area contributed by atoms with E-state index in [0.29, 0.717) is 11.6 Å². The van der Waals surface area contributed by atoms with Gasteiger partial charge in [-0.2, -0.15) is 0 Å². The molecule has 4 heteroatoms. The predicted octanol–water partition coefficient (Wildman–Crippen LogP) is 4.69. The maximum atomic E-state index is 10.1. The molecule has 2 heterocycles. The number of nitrogens with zero attached hydrogens (tertiary/aromatic N) is 2. The highest BCUT2D eigenvalue weighted by atomic mass is 16.5. The number of aromatic hydroxyl groups is 1. The van der Waals surface area contributed by atoms with Crippen LogP contribution in [0.1, 0.15) is 18.2 Å². The molecule has 2 aromatic carbocycles. The average Bonchev–Trinajstić information content (AvgIpc) is 3.10. The van der Waals surface area contributed by atoms with E-state index in [9.17, 15) is 5.11 Å². The lowest BCUT2D eigenvalue weighted by molar-refractivity contribution is 0.336. The normalized spacial score (nSPS) is 14.8. The third-order valence-electron chi connectivity index (χ3n) is 3.81. The number of benzene rings is 2. The van der Waals surface area contributed by atoms with Gasteiger partial charge in [0.25, 0.3) is 0 Å². The van der Waals surface area contributed by atoms with Gasteiger partial charge >= 0.3 is 5.95 Å². The number of rotatable bonds is 2. The van der Waals surface area contributed by atoms with Crippen molar-refractivity contribution in [2.75, 3.05) is 0 Å². The summed E-state index contributed by atoms with van der Waals surface area (Å²) in [5.41, 5.74) is 5.05. The van der Waals surface area contributed by atoms with E-state index in [4.69, 9.17) is 4.42 Å². The van der Waals surface area contributed by atoms with Gasteiger partial charge in [0.2, 0.25) is 5.89 Å². The molecule has 0 aliphatic carbocycles. The van der Waals surface area contributed by atoms with E-state index in [1.165, 1.54) is 0 Å². The van der Waals surface area contributed by atoms with Crippen molar-refractivity contribution in [3.63, 3.8) is 0 Å². The first kappa shape index (κ1) is 13.5. The van der Waals surface area contributed by atoms with Crippen LogP contribution in [0.5, 0.6) is 5.95 Å². The summed E-state index contributed by atoms with van der Waals surface area (Å²) in [6, 6.07) is 17.4. The smallest absolute Gasteiger partial charge is 0.310 e. The fourth-order valence-electron chi connectivity index (χ4n) is 2.68. The molecule has 0 fully saturated rings. The molecule has 1 aliphatic rings. The third kappa shape index (κ3) is 2.34. The first-order chi connectivity index (χ1) is 11.2. The van der Waals surface area contributed by atoms with Gasteiger partial charge < -0.3 is 9.52 Å². The Bertz CT molecular complexity index is 937. The monoisotopic (exact) mass is 302 g/mol. The van der Waals surface area contributed by atoms with Crippen molar-refractivity contribution in [1.29, 1.82) is 0 Å². The highest BCUT2D eigenvalue weighted by Crippen LogP contribution is 2.37. The molecule has 112 valence electrons.